The third-order valence-electron chi connectivity index (χ3n) is 5.39. The molecule has 0 aliphatic heterocycles. The standard InChI is InChI=1S/C20H30N2O/c21-20(23-16-17-10-4-1-5-11-17)22(18-12-6-2-7-13-18)19-14-8-3-9-15-19/h1,4-5,10-11,18-19,21H,2-3,6-9,12-16H2. The number of nitrogens with one attached hydrogen (secondary N) is 1. The Morgan fingerprint density at radius 2 is 1.39 bits per heavy atom. The van der Waals surface area contributed by atoms with Crippen LogP contribution in [0.3, 0.4) is 0 Å². The summed E-state index contributed by atoms with van der Waals surface area (Å²) in [6.45, 7) is 0.510. The lowest BCUT2D eigenvalue weighted by molar-refractivity contribution is 0.106. The summed E-state index contributed by atoms with van der Waals surface area (Å²) in [7, 11) is 0. The molecule has 1 aromatic rings. The van der Waals surface area contributed by atoms with Gasteiger partial charge in [0.25, 0.3) is 6.02 Å². The maximum atomic E-state index is 8.57. The smallest absolute Gasteiger partial charge is 0.285 e. The molecule has 0 bridgehead atoms. The average molecular weight is 314 g/mol. The summed E-state index contributed by atoms with van der Waals surface area (Å²) in [6.07, 6.45) is 12.8. The largest absolute Gasteiger partial charge is 0.460 e. The van der Waals surface area contributed by atoms with Gasteiger partial charge in [-0.05, 0) is 31.2 Å². The first kappa shape index (κ1) is 16.4. The molecule has 23 heavy (non-hydrogen) atoms. The van der Waals surface area contributed by atoms with Crippen LogP contribution in [0.15, 0.2) is 30.3 Å². The fraction of sp³-hybridized carbons (Fsp3) is 0.650. The minimum absolute atomic E-state index is 0.410. The van der Waals surface area contributed by atoms with E-state index >= 15 is 0 Å². The summed E-state index contributed by atoms with van der Waals surface area (Å²) in [5.74, 6) is 0. The molecular formula is C20H30N2O. The second-order valence-corrected chi connectivity index (χ2v) is 7.07. The molecule has 0 amide bonds. The number of hydrogen-bond acceptors (Lipinski definition) is 2. The summed E-state index contributed by atoms with van der Waals surface area (Å²) in [5.41, 5.74) is 1.14. The summed E-state index contributed by atoms with van der Waals surface area (Å²) >= 11 is 0. The molecule has 0 heterocycles. The summed E-state index contributed by atoms with van der Waals surface area (Å²) < 4.78 is 5.91. The second-order valence-electron chi connectivity index (χ2n) is 7.07. The Kier molecular flexibility index (Phi) is 5.95. The lowest BCUT2D eigenvalue weighted by atomic mass is 9.89. The number of amidine groups is 1. The van der Waals surface area contributed by atoms with Crippen molar-refractivity contribution in [2.75, 3.05) is 0 Å². The van der Waals surface area contributed by atoms with Gasteiger partial charge in [0.15, 0.2) is 0 Å². The third-order valence-corrected chi connectivity index (χ3v) is 5.39. The van der Waals surface area contributed by atoms with E-state index in [2.05, 4.69) is 17.0 Å². The average Bonchev–Trinajstić information content (AvgIpc) is 2.63. The molecule has 2 aliphatic carbocycles. The molecule has 2 aliphatic rings. The molecule has 0 saturated heterocycles. The summed E-state index contributed by atoms with van der Waals surface area (Å²) in [4.78, 5) is 2.35. The number of hydrogen-bond donors (Lipinski definition) is 1. The van der Waals surface area contributed by atoms with Crippen molar-refractivity contribution in [1.82, 2.24) is 4.90 Å². The SMILES string of the molecule is N=C(OCc1ccccc1)N(C1CCCCC1)C1CCCCC1. The first-order valence-electron chi connectivity index (χ1n) is 9.38. The van der Waals surface area contributed by atoms with Crippen LogP contribution in [0.1, 0.15) is 69.8 Å². The Hall–Kier alpha value is -1.51. The zero-order valence-corrected chi connectivity index (χ0v) is 14.2. The van der Waals surface area contributed by atoms with Crippen molar-refractivity contribution in [2.45, 2.75) is 82.9 Å². The van der Waals surface area contributed by atoms with Crippen LogP contribution in [0, 0.1) is 5.41 Å². The van der Waals surface area contributed by atoms with Crippen molar-refractivity contribution in [3.8, 4) is 0 Å². The Morgan fingerprint density at radius 1 is 0.870 bits per heavy atom. The number of rotatable bonds is 4. The highest BCUT2D eigenvalue weighted by Gasteiger charge is 2.31. The molecule has 0 aromatic heterocycles. The molecule has 126 valence electrons. The third kappa shape index (κ3) is 4.49. The summed E-state index contributed by atoms with van der Waals surface area (Å²) in [6, 6.07) is 11.7. The van der Waals surface area contributed by atoms with Crippen LogP contribution in [0.2, 0.25) is 0 Å². The molecular weight excluding hydrogens is 284 g/mol. The van der Waals surface area contributed by atoms with Gasteiger partial charge in [-0.2, -0.15) is 0 Å². The topological polar surface area (TPSA) is 36.3 Å². The van der Waals surface area contributed by atoms with E-state index in [0.717, 1.165) is 5.56 Å². The van der Waals surface area contributed by atoms with Gasteiger partial charge in [-0.25, -0.2) is 0 Å². The molecule has 0 radical (unpaired) electrons. The van der Waals surface area contributed by atoms with Crippen LogP contribution in [-0.2, 0) is 11.3 Å². The number of benzene rings is 1. The van der Waals surface area contributed by atoms with Crippen molar-refractivity contribution in [3.63, 3.8) is 0 Å². The van der Waals surface area contributed by atoms with Gasteiger partial charge >= 0.3 is 0 Å². The van der Waals surface area contributed by atoms with E-state index in [-0.39, 0.29) is 0 Å². The fourth-order valence-corrected chi connectivity index (χ4v) is 4.15. The van der Waals surface area contributed by atoms with E-state index in [4.69, 9.17) is 10.1 Å². The van der Waals surface area contributed by atoms with E-state index in [0.29, 0.717) is 24.7 Å². The highest BCUT2D eigenvalue weighted by molar-refractivity contribution is 5.71. The monoisotopic (exact) mass is 314 g/mol. The molecule has 3 rings (SSSR count). The van der Waals surface area contributed by atoms with Crippen molar-refractivity contribution in [2.24, 2.45) is 0 Å². The predicted octanol–water partition coefficient (Wildman–Crippen LogP) is 5.11. The molecule has 2 fully saturated rings. The van der Waals surface area contributed by atoms with Crippen LogP contribution in [0.5, 0.6) is 0 Å². The molecule has 2 saturated carbocycles. The van der Waals surface area contributed by atoms with Crippen molar-refractivity contribution < 1.29 is 4.74 Å². The molecule has 1 aromatic carbocycles. The van der Waals surface area contributed by atoms with Gasteiger partial charge < -0.3 is 9.64 Å². The molecule has 3 heteroatoms. The molecule has 0 unspecified atom stereocenters. The van der Waals surface area contributed by atoms with Crippen molar-refractivity contribution in [3.05, 3.63) is 35.9 Å². The van der Waals surface area contributed by atoms with Gasteiger partial charge in [0, 0.05) is 12.1 Å². The maximum Gasteiger partial charge on any atom is 0.285 e. The molecule has 1 N–H and O–H groups in total. The Morgan fingerprint density at radius 3 is 1.91 bits per heavy atom. The quantitative estimate of drug-likeness (QED) is 0.619. The Labute approximate surface area is 140 Å². The molecule has 0 spiro atoms. The van der Waals surface area contributed by atoms with E-state index in [1.807, 2.05) is 18.2 Å². The van der Waals surface area contributed by atoms with Gasteiger partial charge in [-0.15, -0.1) is 0 Å². The highest BCUT2D eigenvalue weighted by Crippen LogP contribution is 2.30. The lowest BCUT2D eigenvalue weighted by Gasteiger charge is -2.42. The molecule has 0 atom stereocenters. The van der Waals surface area contributed by atoms with Crippen molar-refractivity contribution >= 4 is 6.02 Å². The van der Waals surface area contributed by atoms with E-state index in [1.54, 1.807) is 0 Å². The van der Waals surface area contributed by atoms with Crippen molar-refractivity contribution in [1.29, 1.82) is 5.41 Å². The number of nitrogens with zero attached hydrogens (tertiary/aromatic N) is 1. The zero-order chi connectivity index (χ0) is 15.9. The van der Waals surface area contributed by atoms with Gasteiger partial charge in [0.2, 0.25) is 0 Å². The Bertz CT molecular complexity index is 458. The fourth-order valence-electron chi connectivity index (χ4n) is 4.15. The molecule has 3 nitrogen and oxygen atoms in total. The first-order chi connectivity index (χ1) is 11.3. The normalized spacial score (nSPS) is 20.2. The van der Waals surface area contributed by atoms with Crippen LogP contribution in [0.25, 0.3) is 0 Å². The van der Waals surface area contributed by atoms with Gasteiger partial charge in [-0.3, -0.25) is 5.41 Å². The lowest BCUT2D eigenvalue weighted by Crippen LogP contribution is -2.49. The predicted molar refractivity (Wildman–Crippen MR) is 94.5 cm³/mol. The van der Waals surface area contributed by atoms with Gasteiger partial charge in [0.05, 0.1) is 0 Å². The van der Waals surface area contributed by atoms with Crippen LogP contribution < -0.4 is 0 Å². The zero-order valence-electron chi connectivity index (χ0n) is 14.2. The van der Waals surface area contributed by atoms with Crippen LogP contribution >= 0.6 is 0 Å². The van der Waals surface area contributed by atoms with E-state index in [9.17, 15) is 0 Å². The van der Waals surface area contributed by atoms with Gasteiger partial charge in [-0.1, -0.05) is 68.9 Å². The highest BCUT2D eigenvalue weighted by atomic mass is 16.5. The van der Waals surface area contributed by atoms with E-state index in [1.165, 1.54) is 64.2 Å². The number of ether oxygens (including phenoxy) is 1. The minimum atomic E-state index is 0.410. The second kappa shape index (κ2) is 8.37. The van der Waals surface area contributed by atoms with E-state index < -0.39 is 0 Å². The van der Waals surface area contributed by atoms with Crippen LogP contribution in [0.4, 0.5) is 0 Å². The Balaban J connectivity index is 1.64. The first-order valence-corrected chi connectivity index (χ1v) is 9.38. The minimum Gasteiger partial charge on any atom is -0.460 e. The summed E-state index contributed by atoms with van der Waals surface area (Å²) in [5, 5.41) is 8.57. The van der Waals surface area contributed by atoms with Crippen LogP contribution in [-0.4, -0.2) is 23.0 Å². The maximum absolute atomic E-state index is 8.57. The van der Waals surface area contributed by atoms with Gasteiger partial charge in [0.1, 0.15) is 6.61 Å².